The molecule has 0 amide bonds. The van der Waals surface area contributed by atoms with Crippen LogP contribution in [-0.2, 0) is 0 Å². The molecule has 0 N–H and O–H groups in total. The van der Waals surface area contributed by atoms with Crippen LogP contribution >= 0.6 is 23.2 Å². The average molecular weight is 277 g/mol. The number of rotatable bonds is 3. The normalized spacial score (nSPS) is 10.8. The number of carbonyl (C=O) groups excluding carboxylic acids is 1. The smallest absolute Gasteiger partial charge is 0.185 e. The number of carbonyl (C=O) groups is 1. The van der Waals surface area contributed by atoms with Crippen LogP contribution in [0.4, 0.5) is 0 Å². The summed E-state index contributed by atoms with van der Waals surface area (Å²) in [5.41, 5.74) is 1.42. The third-order valence-electron chi connectivity index (χ3n) is 2.44. The van der Waals surface area contributed by atoms with Gasteiger partial charge in [0.15, 0.2) is 5.78 Å². The standard InChI is InChI=1S/C15H10Cl2O/c16-13-8-6-11(14(17)10-13)7-9-15(18)12-4-2-1-3-5-12/h1-10H/b9-7-. The minimum atomic E-state index is -0.0541. The second-order valence-corrected chi connectivity index (χ2v) is 4.57. The maximum absolute atomic E-state index is 11.8. The molecule has 90 valence electrons. The number of halogens is 2. The van der Waals surface area contributed by atoms with Gasteiger partial charge >= 0.3 is 0 Å². The predicted molar refractivity (Wildman–Crippen MR) is 76.3 cm³/mol. The van der Waals surface area contributed by atoms with E-state index in [4.69, 9.17) is 23.2 Å². The summed E-state index contributed by atoms with van der Waals surface area (Å²) in [6, 6.07) is 14.2. The molecule has 0 aliphatic rings. The molecule has 0 fully saturated rings. The zero-order chi connectivity index (χ0) is 13.0. The van der Waals surface area contributed by atoms with Gasteiger partial charge < -0.3 is 0 Å². The Kier molecular flexibility index (Phi) is 4.19. The Morgan fingerprint density at radius 3 is 2.39 bits per heavy atom. The van der Waals surface area contributed by atoms with E-state index >= 15 is 0 Å². The molecule has 18 heavy (non-hydrogen) atoms. The number of benzene rings is 2. The molecular weight excluding hydrogens is 267 g/mol. The van der Waals surface area contributed by atoms with Crippen LogP contribution in [0.1, 0.15) is 15.9 Å². The van der Waals surface area contributed by atoms with Gasteiger partial charge in [-0.2, -0.15) is 0 Å². The molecule has 0 aliphatic carbocycles. The maximum Gasteiger partial charge on any atom is 0.185 e. The SMILES string of the molecule is O=C(/C=C\c1ccc(Cl)cc1Cl)c1ccccc1. The van der Waals surface area contributed by atoms with Crippen LogP contribution in [0.5, 0.6) is 0 Å². The molecule has 2 aromatic carbocycles. The molecule has 0 saturated heterocycles. The highest BCUT2D eigenvalue weighted by Gasteiger charge is 2.01. The lowest BCUT2D eigenvalue weighted by Gasteiger charge is -1.98. The molecule has 0 spiro atoms. The first-order chi connectivity index (χ1) is 8.66. The minimum Gasteiger partial charge on any atom is -0.289 e. The summed E-state index contributed by atoms with van der Waals surface area (Å²) >= 11 is 11.8. The molecule has 0 heterocycles. The highest BCUT2D eigenvalue weighted by molar-refractivity contribution is 6.35. The van der Waals surface area contributed by atoms with Crippen molar-refractivity contribution in [3.05, 3.63) is 75.8 Å². The Hall–Kier alpha value is -1.57. The van der Waals surface area contributed by atoms with E-state index in [2.05, 4.69) is 0 Å². The quantitative estimate of drug-likeness (QED) is 0.576. The third kappa shape index (κ3) is 3.22. The van der Waals surface area contributed by atoms with Gasteiger partial charge in [-0.05, 0) is 29.8 Å². The Labute approximate surface area is 116 Å². The molecular formula is C15H10Cl2O. The fraction of sp³-hybridized carbons (Fsp3) is 0. The number of ketones is 1. The van der Waals surface area contributed by atoms with E-state index in [-0.39, 0.29) is 5.78 Å². The van der Waals surface area contributed by atoms with Crippen molar-refractivity contribution in [3.8, 4) is 0 Å². The molecule has 0 aromatic heterocycles. The zero-order valence-corrected chi connectivity index (χ0v) is 10.9. The maximum atomic E-state index is 11.8. The van der Waals surface area contributed by atoms with Gasteiger partial charge in [-0.25, -0.2) is 0 Å². The molecule has 0 radical (unpaired) electrons. The van der Waals surface area contributed by atoms with Gasteiger partial charge in [-0.15, -0.1) is 0 Å². The summed E-state index contributed by atoms with van der Waals surface area (Å²) in [4.78, 5) is 11.8. The van der Waals surface area contributed by atoms with Crippen LogP contribution in [0.3, 0.4) is 0 Å². The van der Waals surface area contributed by atoms with Gasteiger partial charge in [-0.3, -0.25) is 4.79 Å². The largest absolute Gasteiger partial charge is 0.289 e. The number of hydrogen-bond acceptors (Lipinski definition) is 1. The third-order valence-corrected chi connectivity index (χ3v) is 3.00. The predicted octanol–water partition coefficient (Wildman–Crippen LogP) is 4.89. The zero-order valence-electron chi connectivity index (χ0n) is 9.44. The van der Waals surface area contributed by atoms with Gasteiger partial charge in [0.05, 0.1) is 0 Å². The molecule has 2 aromatic rings. The van der Waals surface area contributed by atoms with Crippen LogP contribution < -0.4 is 0 Å². The van der Waals surface area contributed by atoms with Crippen LogP contribution in [-0.4, -0.2) is 5.78 Å². The van der Waals surface area contributed by atoms with Gasteiger partial charge in [0.1, 0.15) is 0 Å². The van der Waals surface area contributed by atoms with Crippen molar-refractivity contribution in [1.29, 1.82) is 0 Å². The molecule has 0 saturated carbocycles. The Bertz CT molecular complexity index is 589. The van der Waals surface area contributed by atoms with Crippen LogP contribution in [0.2, 0.25) is 10.0 Å². The second kappa shape index (κ2) is 5.85. The van der Waals surface area contributed by atoms with Gasteiger partial charge in [0.2, 0.25) is 0 Å². The first-order valence-electron chi connectivity index (χ1n) is 5.39. The molecule has 3 heteroatoms. The summed E-state index contributed by atoms with van der Waals surface area (Å²) in [6.45, 7) is 0. The number of allylic oxidation sites excluding steroid dienone is 1. The van der Waals surface area contributed by atoms with Crippen molar-refractivity contribution in [2.75, 3.05) is 0 Å². The van der Waals surface area contributed by atoms with E-state index < -0.39 is 0 Å². The minimum absolute atomic E-state index is 0.0541. The van der Waals surface area contributed by atoms with Crippen LogP contribution in [0.15, 0.2) is 54.6 Å². The first-order valence-corrected chi connectivity index (χ1v) is 6.15. The molecule has 2 rings (SSSR count). The lowest BCUT2D eigenvalue weighted by atomic mass is 10.1. The fourth-order valence-corrected chi connectivity index (χ4v) is 1.97. The van der Waals surface area contributed by atoms with E-state index in [1.54, 1.807) is 36.4 Å². The van der Waals surface area contributed by atoms with E-state index in [9.17, 15) is 4.79 Å². The average Bonchev–Trinajstić information content (AvgIpc) is 2.38. The summed E-state index contributed by atoms with van der Waals surface area (Å²) in [7, 11) is 0. The van der Waals surface area contributed by atoms with Crippen LogP contribution in [0.25, 0.3) is 6.08 Å². The molecule has 0 aliphatic heterocycles. The number of hydrogen-bond donors (Lipinski definition) is 0. The van der Waals surface area contributed by atoms with Gasteiger partial charge in [0, 0.05) is 15.6 Å². The topological polar surface area (TPSA) is 17.1 Å². The summed E-state index contributed by atoms with van der Waals surface area (Å²) in [6.07, 6.45) is 3.19. The monoisotopic (exact) mass is 276 g/mol. The van der Waals surface area contributed by atoms with Crippen molar-refractivity contribution >= 4 is 35.1 Å². The van der Waals surface area contributed by atoms with E-state index in [1.807, 2.05) is 18.2 Å². The van der Waals surface area contributed by atoms with Crippen molar-refractivity contribution in [3.63, 3.8) is 0 Å². The Morgan fingerprint density at radius 1 is 1.00 bits per heavy atom. The van der Waals surface area contributed by atoms with Crippen molar-refractivity contribution in [1.82, 2.24) is 0 Å². The fourth-order valence-electron chi connectivity index (χ4n) is 1.50. The van der Waals surface area contributed by atoms with Crippen LogP contribution in [0, 0.1) is 0 Å². The van der Waals surface area contributed by atoms with Crippen molar-refractivity contribution in [2.45, 2.75) is 0 Å². The summed E-state index contributed by atoms with van der Waals surface area (Å²) in [5, 5.41) is 1.10. The van der Waals surface area contributed by atoms with E-state index in [0.29, 0.717) is 15.6 Å². The van der Waals surface area contributed by atoms with E-state index in [1.165, 1.54) is 6.08 Å². The highest BCUT2D eigenvalue weighted by atomic mass is 35.5. The second-order valence-electron chi connectivity index (χ2n) is 3.73. The lowest BCUT2D eigenvalue weighted by molar-refractivity contribution is 0.104. The highest BCUT2D eigenvalue weighted by Crippen LogP contribution is 2.22. The van der Waals surface area contributed by atoms with Gasteiger partial charge in [0.25, 0.3) is 0 Å². The van der Waals surface area contributed by atoms with Crippen molar-refractivity contribution in [2.24, 2.45) is 0 Å². The molecule has 0 unspecified atom stereocenters. The Morgan fingerprint density at radius 2 is 1.72 bits per heavy atom. The summed E-state index contributed by atoms with van der Waals surface area (Å²) in [5.74, 6) is -0.0541. The molecule has 0 bridgehead atoms. The summed E-state index contributed by atoms with van der Waals surface area (Å²) < 4.78 is 0. The molecule has 0 atom stereocenters. The van der Waals surface area contributed by atoms with Gasteiger partial charge in [-0.1, -0.05) is 59.6 Å². The first kappa shape index (κ1) is 12.9. The lowest BCUT2D eigenvalue weighted by Crippen LogP contribution is -1.92. The Balaban J connectivity index is 2.19. The van der Waals surface area contributed by atoms with Crippen molar-refractivity contribution < 1.29 is 4.79 Å². The molecule has 1 nitrogen and oxygen atoms in total. The van der Waals surface area contributed by atoms with E-state index in [0.717, 1.165) is 5.56 Å².